The minimum Gasteiger partial charge on any atom is -0.465 e. The number of methoxy groups -OCH3 is 1. The fraction of sp³-hybridized carbons (Fsp3) is 0.118. The van der Waals surface area contributed by atoms with Gasteiger partial charge in [-0.1, -0.05) is 6.07 Å². The first-order chi connectivity index (χ1) is 11.7. The average molecular weight is 341 g/mol. The number of thiophene rings is 1. The number of benzene rings is 1. The standard InChI is InChI=1S/C17H15N3O3S/c1-23-17(22)13-6-4-12(5-7-13)16(21)19-15-8-9-18-20(15)11-14-3-2-10-24-14/h2-10H,11H2,1H3,(H,19,21). The Kier molecular flexibility index (Phi) is 4.72. The summed E-state index contributed by atoms with van der Waals surface area (Å²) in [6.45, 7) is 0.599. The first-order valence-electron chi connectivity index (χ1n) is 7.21. The summed E-state index contributed by atoms with van der Waals surface area (Å²) in [7, 11) is 1.32. The lowest BCUT2D eigenvalue weighted by atomic mass is 10.1. The number of esters is 1. The van der Waals surface area contributed by atoms with Gasteiger partial charge in [-0.15, -0.1) is 11.3 Å². The molecule has 122 valence electrons. The number of carbonyl (C=O) groups is 2. The Morgan fingerprint density at radius 1 is 1.17 bits per heavy atom. The second-order valence-electron chi connectivity index (χ2n) is 4.98. The number of nitrogens with one attached hydrogen (secondary N) is 1. The quantitative estimate of drug-likeness (QED) is 0.724. The summed E-state index contributed by atoms with van der Waals surface area (Å²) in [4.78, 5) is 24.9. The Morgan fingerprint density at radius 3 is 2.58 bits per heavy atom. The molecule has 2 heterocycles. The molecule has 3 rings (SSSR count). The Morgan fingerprint density at radius 2 is 1.92 bits per heavy atom. The maximum absolute atomic E-state index is 12.4. The van der Waals surface area contributed by atoms with E-state index >= 15 is 0 Å². The molecule has 0 radical (unpaired) electrons. The highest BCUT2D eigenvalue weighted by Crippen LogP contribution is 2.15. The minimum atomic E-state index is -0.434. The summed E-state index contributed by atoms with van der Waals surface area (Å²) in [5.74, 6) is -0.0826. The largest absolute Gasteiger partial charge is 0.465 e. The molecule has 2 aromatic heterocycles. The molecular weight excluding hydrogens is 326 g/mol. The van der Waals surface area contributed by atoms with Gasteiger partial charge in [0.05, 0.1) is 25.4 Å². The van der Waals surface area contributed by atoms with E-state index in [1.165, 1.54) is 7.11 Å². The molecule has 3 aromatic rings. The predicted molar refractivity (Wildman–Crippen MR) is 91.4 cm³/mol. The smallest absolute Gasteiger partial charge is 0.337 e. The lowest BCUT2D eigenvalue weighted by Crippen LogP contribution is -2.16. The van der Waals surface area contributed by atoms with Crippen molar-refractivity contribution in [1.29, 1.82) is 0 Å². The summed E-state index contributed by atoms with van der Waals surface area (Å²) >= 11 is 1.63. The zero-order valence-corrected chi connectivity index (χ0v) is 13.7. The van der Waals surface area contributed by atoms with Crippen molar-refractivity contribution in [3.63, 3.8) is 0 Å². The van der Waals surface area contributed by atoms with Crippen molar-refractivity contribution in [3.8, 4) is 0 Å². The monoisotopic (exact) mass is 341 g/mol. The van der Waals surface area contributed by atoms with E-state index in [-0.39, 0.29) is 5.91 Å². The third-order valence-electron chi connectivity index (χ3n) is 3.41. The molecule has 24 heavy (non-hydrogen) atoms. The summed E-state index contributed by atoms with van der Waals surface area (Å²) in [5.41, 5.74) is 0.850. The third-order valence-corrected chi connectivity index (χ3v) is 4.27. The van der Waals surface area contributed by atoms with Crippen molar-refractivity contribution in [2.45, 2.75) is 6.54 Å². The molecular formula is C17H15N3O3S. The molecule has 0 spiro atoms. The summed E-state index contributed by atoms with van der Waals surface area (Å²) in [6, 6.07) is 12.0. The van der Waals surface area contributed by atoms with Crippen LogP contribution >= 0.6 is 11.3 Å². The summed E-state index contributed by atoms with van der Waals surface area (Å²) in [6.07, 6.45) is 1.64. The second kappa shape index (κ2) is 7.10. The van der Waals surface area contributed by atoms with Crippen LogP contribution in [0.15, 0.2) is 54.0 Å². The Bertz CT molecular complexity index is 838. The minimum absolute atomic E-state index is 0.264. The van der Waals surface area contributed by atoms with Crippen LogP contribution in [0.1, 0.15) is 25.6 Å². The number of ether oxygens (including phenoxy) is 1. The number of amides is 1. The van der Waals surface area contributed by atoms with Gasteiger partial charge in [0.25, 0.3) is 5.91 Å². The van der Waals surface area contributed by atoms with E-state index in [1.54, 1.807) is 52.5 Å². The van der Waals surface area contributed by atoms with Crippen molar-refractivity contribution in [2.75, 3.05) is 12.4 Å². The lowest BCUT2D eigenvalue weighted by Gasteiger charge is -2.08. The van der Waals surface area contributed by atoms with Gasteiger partial charge in [-0.3, -0.25) is 4.79 Å². The Hall–Kier alpha value is -2.93. The van der Waals surface area contributed by atoms with Crippen LogP contribution in [0.25, 0.3) is 0 Å². The van der Waals surface area contributed by atoms with Crippen LogP contribution in [-0.4, -0.2) is 28.8 Å². The zero-order valence-electron chi connectivity index (χ0n) is 12.9. The van der Waals surface area contributed by atoms with Gasteiger partial charge in [0.2, 0.25) is 0 Å². The number of hydrogen-bond donors (Lipinski definition) is 1. The van der Waals surface area contributed by atoms with Crippen LogP contribution in [0.3, 0.4) is 0 Å². The number of rotatable bonds is 5. The van der Waals surface area contributed by atoms with E-state index in [0.717, 1.165) is 4.88 Å². The van der Waals surface area contributed by atoms with Crippen LogP contribution in [0.2, 0.25) is 0 Å². The Labute approximate surface area is 142 Å². The van der Waals surface area contributed by atoms with Gasteiger partial charge in [0.1, 0.15) is 5.82 Å². The maximum atomic E-state index is 12.4. The van der Waals surface area contributed by atoms with Gasteiger partial charge < -0.3 is 10.1 Å². The molecule has 0 aliphatic carbocycles. The molecule has 0 saturated carbocycles. The fourth-order valence-electron chi connectivity index (χ4n) is 2.18. The fourth-order valence-corrected chi connectivity index (χ4v) is 2.86. The number of nitrogens with zero attached hydrogens (tertiary/aromatic N) is 2. The van der Waals surface area contributed by atoms with Crippen molar-refractivity contribution in [1.82, 2.24) is 9.78 Å². The summed E-state index contributed by atoms with van der Waals surface area (Å²) in [5, 5.41) is 9.07. The van der Waals surface area contributed by atoms with E-state index in [4.69, 9.17) is 0 Å². The first-order valence-corrected chi connectivity index (χ1v) is 8.09. The van der Waals surface area contributed by atoms with Gasteiger partial charge in [0.15, 0.2) is 0 Å². The third kappa shape index (κ3) is 3.52. The molecule has 1 amide bonds. The molecule has 0 unspecified atom stereocenters. The molecule has 0 bridgehead atoms. The maximum Gasteiger partial charge on any atom is 0.337 e. The van der Waals surface area contributed by atoms with E-state index in [2.05, 4.69) is 15.2 Å². The molecule has 1 N–H and O–H groups in total. The van der Waals surface area contributed by atoms with Crippen molar-refractivity contribution >= 4 is 29.0 Å². The van der Waals surface area contributed by atoms with Gasteiger partial charge in [-0.05, 0) is 35.7 Å². The van der Waals surface area contributed by atoms with Crippen LogP contribution in [0.5, 0.6) is 0 Å². The average Bonchev–Trinajstić information content (AvgIpc) is 3.27. The highest BCUT2D eigenvalue weighted by Gasteiger charge is 2.12. The molecule has 0 fully saturated rings. The predicted octanol–water partition coefficient (Wildman–Crippen LogP) is 3.03. The molecule has 6 nitrogen and oxygen atoms in total. The molecule has 1 aromatic carbocycles. The number of aromatic nitrogens is 2. The SMILES string of the molecule is COC(=O)c1ccc(C(=O)Nc2ccnn2Cc2cccs2)cc1. The van der Waals surface area contributed by atoms with Crippen molar-refractivity contribution in [2.24, 2.45) is 0 Å². The van der Waals surface area contributed by atoms with Gasteiger partial charge in [-0.25, -0.2) is 9.48 Å². The lowest BCUT2D eigenvalue weighted by molar-refractivity contribution is 0.0600. The van der Waals surface area contributed by atoms with E-state index in [1.807, 2.05) is 17.5 Å². The molecule has 7 heteroatoms. The molecule has 0 aliphatic heterocycles. The molecule has 0 atom stereocenters. The van der Waals surface area contributed by atoms with Crippen molar-refractivity contribution in [3.05, 3.63) is 70.0 Å². The summed E-state index contributed by atoms with van der Waals surface area (Å²) < 4.78 is 6.37. The highest BCUT2D eigenvalue weighted by atomic mass is 32.1. The van der Waals surface area contributed by atoms with Gasteiger partial charge >= 0.3 is 5.97 Å². The van der Waals surface area contributed by atoms with Crippen LogP contribution < -0.4 is 5.32 Å². The van der Waals surface area contributed by atoms with E-state index in [9.17, 15) is 9.59 Å². The zero-order chi connectivity index (χ0) is 16.9. The Balaban J connectivity index is 1.71. The van der Waals surface area contributed by atoms with Crippen LogP contribution in [0, 0.1) is 0 Å². The van der Waals surface area contributed by atoms with Gasteiger partial charge in [0, 0.05) is 16.5 Å². The van der Waals surface area contributed by atoms with E-state index in [0.29, 0.717) is 23.5 Å². The number of anilines is 1. The molecule has 0 aliphatic rings. The van der Waals surface area contributed by atoms with Gasteiger partial charge in [-0.2, -0.15) is 5.10 Å². The normalized spacial score (nSPS) is 10.4. The molecule has 0 saturated heterocycles. The number of hydrogen-bond acceptors (Lipinski definition) is 5. The van der Waals surface area contributed by atoms with Crippen LogP contribution in [-0.2, 0) is 11.3 Å². The highest BCUT2D eigenvalue weighted by molar-refractivity contribution is 7.09. The van der Waals surface area contributed by atoms with E-state index < -0.39 is 5.97 Å². The topological polar surface area (TPSA) is 73.2 Å². The second-order valence-corrected chi connectivity index (χ2v) is 6.01. The van der Waals surface area contributed by atoms with Crippen molar-refractivity contribution < 1.29 is 14.3 Å². The number of carbonyl (C=O) groups excluding carboxylic acids is 2. The first kappa shape index (κ1) is 15.9. The van der Waals surface area contributed by atoms with Crippen LogP contribution in [0.4, 0.5) is 5.82 Å².